The number of rotatable bonds is 6. The highest BCUT2D eigenvalue weighted by Crippen LogP contribution is 2.38. The summed E-state index contributed by atoms with van der Waals surface area (Å²) in [6.45, 7) is 2.52. The van der Waals surface area contributed by atoms with Crippen LogP contribution in [0.25, 0.3) is 0 Å². The summed E-state index contributed by atoms with van der Waals surface area (Å²) < 4.78 is 4.97. The third-order valence-corrected chi connectivity index (χ3v) is 3.62. The van der Waals surface area contributed by atoms with E-state index in [9.17, 15) is 4.79 Å². The zero-order valence-electron chi connectivity index (χ0n) is 11.1. The van der Waals surface area contributed by atoms with Crippen molar-refractivity contribution < 1.29 is 14.7 Å². The molecule has 0 aromatic rings. The lowest BCUT2D eigenvalue weighted by Crippen LogP contribution is -2.50. The summed E-state index contributed by atoms with van der Waals surface area (Å²) in [5.74, 6) is -0.115. The maximum absolute atomic E-state index is 12.3. The molecule has 6 nitrogen and oxygen atoms in total. The minimum absolute atomic E-state index is 0.0152. The number of oxime groups is 1. The molecule has 4 N–H and O–H groups in total. The SMILES string of the molecule is COCCC(C)NC(=O)C1(C(N)=NO)CCCC1. The minimum Gasteiger partial charge on any atom is -0.409 e. The number of carbonyl (C=O) groups excluding carboxylic acids is 1. The second kappa shape index (κ2) is 6.58. The molecule has 1 aliphatic rings. The average Bonchev–Trinajstić information content (AvgIpc) is 2.85. The van der Waals surface area contributed by atoms with Crippen LogP contribution in [0.2, 0.25) is 0 Å². The van der Waals surface area contributed by atoms with E-state index < -0.39 is 5.41 Å². The lowest BCUT2D eigenvalue weighted by molar-refractivity contribution is -0.128. The molecule has 0 saturated heterocycles. The van der Waals surface area contributed by atoms with Gasteiger partial charge in [-0.25, -0.2) is 0 Å². The first kappa shape index (κ1) is 14.8. The zero-order chi connectivity index (χ0) is 13.6. The Kier molecular flexibility index (Phi) is 5.40. The Labute approximate surface area is 108 Å². The second-order valence-electron chi connectivity index (χ2n) is 4.93. The lowest BCUT2D eigenvalue weighted by Gasteiger charge is -2.28. The molecule has 18 heavy (non-hydrogen) atoms. The summed E-state index contributed by atoms with van der Waals surface area (Å²) in [6.07, 6.45) is 3.89. The fraction of sp³-hybridized carbons (Fsp3) is 0.833. The lowest BCUT2D eigenvalue weighted by atomic mass is 9.83. The fourth-order valence-electron chi connectivity index (χ4n) is 2.40. The number of amidine groups is 1. The van der Waals surface area contributed by atoms with Crippen LogP contribution < -0.4 is 11.1 Å². The molecule has 1 fully saturated rings. The summed E-state index contributed by atoms with van der Waals surface area (Å²) >= 11 is 0. The van der Waals surface area contributed by atoms with Crippen molar-refractivity contribution in [3.63, 3.8) is 0 Å². The Morgan fingerprint density at radius 1 is 1.56 bits per heavy atom. The quantitative estimate of drug-likeness (QED) is 0.284. The normalized spacial score (nSPS) is 20.7. The van der Waals surface area contributed by atoms with Gasteiger partial charge in [-0.1, -0.05) is 18.0 Å². The topological polar surface area (TPSA) is 96.9 Å². The Hall–Kier alpha value is -1.30. The average molecular weight is 257 g/mol. The first-order valence-electron chi connectivity index (χ1n) is 6.34. The molecule has 6 heteroatoms. The van der Waals surface area contributed by atoms with Crippen LogP contribution in [-0.4, -0.2) is 36.7 Å². The molecule has 0 heterocycles. The van der Waals surface area contributed by atoms with Gasteiger partial charge in [0.15, 0.2) is 5.84 Å². The van der Waals surface area contributed by atoms with Gasteiger partial charge in [-0.15, -0.1) is 0 Å². The standard InChI is InChI=1S/C12H23N3O3/c1-9(5-8-18-2)14-11(16)12(10(13)15-17)6-3-4-7-12/h9,17H,3-8H2,1-2H3,(H2,13,15)(H,14,16). The molecule has 1 saturated carbocycles. The largest absolute Gasteiger partial charge is 0.409 e. The van der Waals surface area contributed by atoms with E-state index in [1.165, 1.54) is 0 Å². The molecule has 1 amide bonds. The second-order valence-corrected chi connectivity index (χ2v) is 4.93. The molecular formula is C12H23N3O3. The van der Waals surface area contributed by atoms with Gasteiger partial charge in [-0.2, -0.15) is 0 Å². The van der Waals surface area contributed by atoms with Gasteiger partial charge in [-0.05, 0) is 26.2 Å². The Morgan fingerprint density at radius 2 is 2.17 bits per heavy atom. The zero-order valence-corrected chi connectivity index (χ0v) is 11.1. The van der Waals surface area contributed by atoms with Gasteiger partial charge in [0.2, 0.25) is 5.91 Å². The number of hydrogen-bond donors (Lipinski definition) is 3. The Bertz CT molecular complexity index is 312. The van der Waals surface area contributed by atoms with Crippen LogP contribution in [0.15, 0.2) is 5.16 Å². The molecule has 1 rings (SSSR count). The van der Waals surface area contributed by atoms with Gasteiger partial charge in [-0.3, -0.25) is 4.79 Å². The van der Waals surface area contributed by atoms with Crippen molar-refractivity contribution in [3.05, 3.63) is 0 Å². The summed E-state index contributed by atoms with van der Waals surface area (Å²) in [5, 5.41) is 14.8. The first-order valence-corrected chi connectivity index (χ1v) is 6.34. The molecule has 0 spiro atoms. The number of ether oxygens (including phenoxy) is 1. The molecule has 0 aliphatic heterocycles. The van der Waals surface area contributed by atoms with Crippen LogP contribution >= 0.6 is 0 Å². The van der Waals surface area contributed by atoms with Crippen LogP contribution in [0.4, 0.5) is 0 Å². The van der Waals surface area contributed by atoms with Gasteiger partial charge < -0.3 is 21.0 Å². The Morgan fingerprint density at radius 3 is 2.67 bits per heavy atom. The van der Waals surface area contributed by atoms with Crippen molar-refractivity contribution in [3.8, 4) is 0 Å². The van der Waals surface area contributed by atoms with E-state index in [0.29, 0.717) is 19.4 Å². The molecule has 0 bridgehead atoms. The van der Waals surface area contributed by atoms with Crippen LogP contribution in [0.3, 0.4) is 0 Å². The van der Waals surface area contributed by atoms with E-state index in [-0.39, 0.29) is 17.8 Å². The van der Waals surface area contributed by atoms with Crippen LogP contribution in [0.1, 0.15) is 39.0 Å². The van der Waals surface area contributed by atoms with Crippen molar-refractivity contribution in [2.45, 2.75) is 45.1 Å². The van der Waals surface area contributed by atoms with Gasteiger partial charge in [0.1, 0.15) is 5.41 Å². The minimum atomic E-state index is -0.823. The highest BCUT2D eigenvalue weighted by molar-refractivity contribution is 6.07. The van der Waals surface area contributed by atoms with Crippen molar-refractivity contribution in [1.29, 1.82) is 0 Å². The molecule has 1 atom stereocenters. The molecule has 0 radical (unpaired) electrons. The van der Waals surface area contributed by atoms with Crippen molar-refractivity contribution in [2.75, 3.05) is 13.7 Å². The third kappa shape index (κ3) is 3.13. The monoisotopic (exact) mass is 257 g/mol. The molecular weight excluding hydrogens is 234 g/mol. The number of amides is 1. The molecule has 0 aromatic heterocycles. The van der Waals surface area contributed by atoms with E-state index in [0.717, 1.165) is 19.3 Å². The number of hydrogen-bond acceptors (Lipinski definition) is 4. The maximum Gasteiger partial charge on any atom is 0.234 e. The Balaban J connectivity index is 2.67. The molecule has 1 aliphatic carbocycles. The van der Waals surface area contributed by atoms with Gasteiger partial charge in [0, 0.05) is 19.8 Å². The summed E-state index contributed by atoms with van der Waals surface area (Å²) in [6, 6.07) is 0.0152. The number of carbonyl (C=O) groups is 1. The maximum atomic E-state index is 12.3. The number of nitrogens with zero attached hydrogens (tertiary/aromatic N) is 1. The van der Waals surface area contributed by atoms with E-state index in [1.807, 2.05) is 6.92 Å². The fourth-order valence-corrected chi connectivity index (χ4v) is 2.40. The predicted molar refractivity (Wildman–Crippen MR) is 68.4 cm³/mol. The summed E-state index contributed by atoms with van der Waals surface area (Å²) in [7, 11) is 1.63. The van der Waals surface area contributed by atoms with Crippen molar-refractivity contribution >= 4 is 11.7 Å². The third-order valence-electron chi connectivity index (χ3n) is 3.62. The number of methoxy groups -OCH3 is 1. The first-order chi connectivity index (χ1) is 8.56. The summed E-state index contributed by atoms with van der Waals surface area (Å²) in [4.78, 5) is 12.3. The van der Waals surface area contributed by atoms with Gasteiger partial charge >= 0.3 is 0 Å². The smallest absolute Gasteiger partial charge is 0.234 e. The van der Waals surface area contributed by atoms with E-state index in [1.54, 1.807) is 7.11 Å². The van der Waals surface area contributed by atoms with Crippen LogP contribution in [-0.2, 0) is 9.53 Å². The van der Waals surface area contributed by atoms with E-state index >= 15 is 0 Å². The molecule has 1 unspecified atom stereocenters. The summed E-state index contributed by atoms with van der Waals surface area (Å²) in [5.41, 5.74) is 4.88. The molecule has 104 valence electrons. The number of nitrogens with two attached hydrogens (primary N) is 1. The predicted octanol–water partition coefficient (Wildman–Crippen LogP) is 0.834. The van der Waals surface area contributed by atoms with Crippen LogP contribution in [0.5, 0.6) is 0 Å². The van der Waals surface area contributed by atoms with Crippen molar-refractivity contribution in [1.82, 2.24) is 5.32 Å². The van der Waals surface area contributed by atoms with Crippen molar-refractivity contribution in [2.24, 2.45) is 16.3 Å². The number of nitrogens with one attached hydrogen (secondary N) is 1. The van der Waals surface area contributed by atoms with E-state index in [2.05, 4.69) is 10.5 Å². The van der Waals surface area contributed by atoms with Gasteiger partial charge in [0.25, 0.3) is 0 Å². The van der Waals surface area contributed by atoms with Gasteiger partial charge in [0.05, 0.1) is 0 Å². The van der Waals surface area contributed by atoms with E-state index in [4.69, 9.17) is 15.7 Å². The van der Waals surface area contributed by atoms with Crippen LogP contribution in [0, 0.1) is 5.41 Å². The molecule has 0 aromatic carbocycles. The highest BCUT2D eigenvalue weighted by atomic mass is 16.5. The highest BCUT2D eigenvalue weighted by Gasteiger charge is 2.45.